The maximum Gasteiger partial charge on any atom is 0.380 e. The van der Waals surface area contributed by atoms with E-state index in [1.165, 1.54) is 25.7 Å². The third-order valence-electron chi connectivity index (χ3n) is 3.60. The van der Waals surface area contributed by atoms with Crippen molar-refractivity contribution in [2.24, 2.45) is 0 Å². The Morgan fingerprint density at radius 2 is 1.55 bits per heavy atom. The van der Waals surface area contributed by atoms with Gasteiger partial charge in [-0.3, -0.25) is 4.79 Å². The van der Waals surface area contributed by atoms with Gasteiger partial charge in [0.05, 0.1) is 24.5 Å². The van der Waals surface area contributed by atoms with Gasteiger partial charge in [0.15, 0.2) is 0 Å². The van der Waals surface area contributed by atoms with Gasteiger partial charge in [-0.15, -0.1) is 0 Å². The van der Waals surface area contributed by atoms with Gasteiger partial charge < -0.3 is 19.9 Å². The van der Waals surface area contributed by atoms with Crippen molar-refractivity contribution >= 4 is 27.6 Å². The van der Waals surface area contributed by atoms with Crippen LogP contribution >= 0.6 is 0 Å². The molecule has 11 heteroatoms. The Kier molecular flexibility index (Phi) is 12.9. The number of carbonyl (C=O) groups is 2. The maximum atomic E-state index is 11.9. The van der Waals surface area contributed by atoms with Gasteiger partial charge in [-0.05, 0) is 59.7 Å². The highest BCUT2D eigenvalue weighted by Crippen LogP contribution is 2.20. The van der Waals surface area contributed by atoms with Crippen LogP contribution in [0, 0.1) is 11.1 Å². The Morgan fingerprint density at radius 3 is 1.86 bits per heavy atom. The molecule has 0 aromatic heterocycles. The monoisotopic (exact) mass is 432 g/mol. The van der Waals surface area contributed by atoms with Crippen molar-refractivity contribution in [3.63, 3.8) is 0 Å². The zero-order valence-corrected chi connectivity index (χ0v) is 18.6. The molecule has 0 heterocycles. The molecule has 166 valence electrons. The summed E-state index contributed by atoms with van der Waals surface area (Å²) >= 11 is 0. The molecule has 0 saturated heterocycles. The van der Waals surface area contributed by atoms with Crippen LogP contribution < -0.4 is 10.6 Å². The number of hydrogen-bond acceptors (Lipinski definition) is 9. The number of hydrogen-bond donors (Lipinski definition) is 4. The van der Waals surface area contributed by atoms with Gasteiger partial charge in [0, 0.05) is 11.3 Å². The predicted octanol–water partition coefficient (Wildman–Crippen LogP) is 1.22. The molecule has 0 spiro atoms. The second kappa shape index (κ2) is 13.0. The van der Waals surface area contributed by atoms with E-state index in [-0.39, 0.29) is 5.69 Å². The Morgan fingerprint density at radius 1 is 1.10 bits per heavy atom. The molecule has 0 fully saturated rings. The second-order valence-corrected chi connectivity index (χ2v) is 8.20. The zero-order valence-electron chi connectivity index (χ0n) is 17.8. The van der Waals surface area contributed by atoms with E-state index < -0.39 is 37.9 Å². The molecular weight excluding hydrogens is 400 g/mol. The lowest BCUT2D eigenvalue weighted by molar-refractivity contribution is -0.894. The highest BCUT2D eigenvalue weighted by Gasteiger charge is 2.27. The van der Waals surface area contributed by atoms with Crippen LogP contribution in [0.2, 0.25) is 0 Å². The minimum Gasteiger partial charge on any atom is -0.744 e. The summed E-state index contributed by atoms with van der Waals surface area (Å²) in [5.41, 5.74) is 13.9. The molecule has 1 aromatic rings. The normalized spacial score (nSPS) is 10.9. The number of esters is 1. The van der Waals surface area contributed by atoms with Crippen LogP contribution in [0.15, 0.2) is 23.1 Å². The molecule has 0 unspecified atom stereocenters. The SMILES string of the molecule is CC(C)(C)OC(=O)C(=O)c1ccc(N)cc1S(=O)(=O)[O-].CC[NH+](CC)CC.N=N. The highest BCUT2D eigenvalue weighted by atomic mass is 32.2. The summed E-state index contributed by atoms with van der Waals surface area (Å²) < 4.78 is 38.1. The number of ketones is 1. The van der Waals surface area contributed by atoms with Crippen molar-refractivity contribution in [2.75, 3.05) is 25.4 Å². The molecule has 29 heavy (non-hydrogen) atoms. The lowest BCUT2D eigenvalue weighted by Crippen LogP contribution is -3.11. The molecule has 0 radical (unpaired) electrons. The number of Topliss-reactive ketones (excluding diaryl/α,β-unsaturated/α-hetero) is 1. The summed E-state index contributed by atoms with van der Waals surface area (Å²) in [6.07, 6.45) is 0. The molecule has 0 atom stereocenters. The molecule has 0 amide bonds. The number of ether oxygens (including phenoxy) is 1. The van der Waals surface area contributed by atoms with Crippen LogP contribution in [0.25, 0.3) is 0 Å². The Balaban J connectivity index is 0. The summed E-state index contributed by atoms with van der Waals surface area (Å²) in [5, 5.41) is 0. The van der Waals surface area contributed by atoms with E-state index in [4.69, 9.17) is 21.5 Å². The summed E-state index contributed by atoms with van der Waals surface area (Å²) in [5.74, 6) is -2.46. The van der Waals surface area contributed by atoms with E-state index >= 15 is 0 Å². The van der Waals surface area contributed by atoms with Gasteiger partial charge in [-0.2, -0.15) is 0 Å². The summed E-state index contributed by atoms with van der Waals surface area (Å²) in [4.78, 5) is 24.3. The largest absolute Gasteiger partial charge is 0.744 e. The summed E-state index contributed by atoms with van der Waals surface area (Å²) in [7, 11) is -4.94. The molecule has 1 aromatic carbocycles. The topological polar surface area (TPSA) is 179 Å². The fraction of sp³-hybridized carbons (Fsp3) is 0.556. The lowest BCUT2D eigenvalue weighted by Gasteiger charge is -2.19. The van der Waals surface area contributed by atoms with Gasteiger partial charge in [0.1, 0.15) is 15.7 Å². The number of nitrogens with one attached hydrogen (secondary N) is 3. The molecule has 0 aliphatic rings. The fourth-order valence-electron chi connectivity index (χ4n) is 2.12. The first-order valence-corrected chi connectivity index (χ1v) is 10.4. The molecule has 10 nitrogen and oxygen atoms in total. The summed E-state index contributed by atoms with van der Waals surface area (Å²) in [6, 6.07) is 3.05. The van der Waals surface area contributed by atoms with Crippen molar-refractivity contribution in [3.05, 3.63) is 23.8 Å². The van der Waals surface area contributed by atoms with E-state index in [0.717, 1.165) is 12.1 Å². The first-order chi connectivity index (χ1) is 13.3. The number of nitrogen functional groups attached to an aromatic ring is 1. The van der Waals surface area contributed by atoms with E-state index in [2.05, 4.69) is 20.8 Å². The molecular formula is C18H32N4O6S. The molecule has 0 aliphatic carbocycles. The molecule has 0 bridgehead atoms. The van der Waals surface area contributed by atoms with Crippen molar-refractivity contribution in [3.8, 4) is 0 Å². The molecule has 0 aliphatic heterocycles. The number of rotatable bonds is 6. The standard InChI is InChI=1S/C12H15NO6S.C6H15N.H2N2/c1-12(2,3)19-11(15)10(14)8-5-4-7(13)6-9(8)20(16,17)18;1-4-7(5-2)6-3;1-2/h4-6H,13H2,1-3H3,(H,16,17,18);4-6H2,1-3H3;1-2H. The van der Waals surface area contributed by atoms with Crippen molar-refractivity contribution in [1.29, 1.82) is 11.1 Å². The number of anilines is 1. The summed E-state index contributed by atoms with van der Waals surface area (Å²) in [6.45, 7) is 15.1. The van der Waals surface area contributed by atoms with E-state index in [1.807, 2.05) is 0 Å². The van der Waals surface area contributed by atoms with E-state index in [1.54, 1.807) is 25.7 Å². The van der Waals surface area contributed by atoms with Crippen LogP contribution in [-0.4, -0.2) is 50.0 Å². The predicted molar refractivity (Wildman–Crippen MR) is 107 cm³/mol. The minimum absolute atomic E-state index is 0.0137. The van der Waals surface area contributed by atoms with Crippen LogP contribution in [0.4, 0.5) is 5.69 Å². The van der Waals surface area contributed by atoms with Gasteiger partial charge in [-0.25, -0.2) is 24.3 Å². The quantitative estimate of drug-likeness (QED) is 0.130. The van der Waals surface area contributed by atoms with Crippen LogP contribution in [0.1, 0.15) is 51.9 Å². The van der Waals surface area contributed by atoms with Gasteiger partial charge in [0.25, 0.3) is 5.78 Å². The molecule has 1 rings (SSSR count). The zero-order chi connectivity index (χ0) is 23.4. The van der Waals surface area contributed by atoms with Crippen molar-refractivity contribution in [2.45, 2.75) is 52.0 Å². The van der Waals surface area contributed by atoms with Crippen molar-refractivity contribution < 1.29 is 32.2 Å². The van der Waals surface area contributed by atoms with E-state index in [0.29, 0.717) is 0 Å². The van der Waals surface area contributed by atoms with Crippen molar-refractivity contribution in [1.82, 2.24) is 0 Å². The number of quaternary nitrogens is 1. The number of benzene rings is 1. The Bertz CT molecular complexity index is 766. The second-order valence-electron chi connectivity index (χ2n) is 6.85. The Hall–Kier alpha value is -2.37. The third kappa shape index (κ3) is 11.3. The third-order valence-corrected chi connectivity index (χ3v) is 4.48. The Labute approximate surface area is 172 Å². The average molecular weight is 433 g/mol. The van der Waals surface area contributed by atoms with Gasteiger partial charge in [0.2, 0.25) is 0 Å². The first kappa shape index (κ1) is 28.8. The van der Waals surface area contributed by atoms with Crippen LogP contribution in [0.5, 0.6) is 0 Å². The smallest absolute Gasteiger partial charge is 0.380 e. The van der Waals surface area contributed by atoms with E-state index in [9.17, 15) is 22.6 Å². The average Bonchev–Trinajstić information content (AvgIpc) is 2.62. The maximum absolute atomic E-state index is 11.9. The van der Waals surface area contributed by atoms with Crippen LogP contribution in [0.3, 0.4) is 0 Å². The fourth-order valence-corrected chi connectivity index (χ4v) is 2.83. The first-order valence-electron chi connectivity index (χ1n) is 8.98. The number of carbonyl (C=O) groups excluding carboxylic acids is 2. The van der Waals surface area contributed by atoms with Gasteiger partial charge >= 0.3 is 5.97 Å². The highest BCUT2D eigenvalue weighted by molar-refractivity contribution is 7.85. The van der Waals surface area contributed by atoms with Crippen LogP contribution in [-0.2, 0) is 19.6 Å². The molecule has 0 saturated carbocycles. The minimum atomic E-state index is -4.94. The number of nitrogens with two attached hydrogens (primary N) is 1. The molecule has 5 N–H and O–H groups in total. The van der Waals surface area contributed by atoms with Gasteiger partial charge in [-0.1, -0.05) is 0 Å². The lowest BCUT2D eigenvalue weighted by atomic mass is 10.1.